The molecule has 0 radical (unpaired) electrons. The summed E-state index contributed by atoms with van der Waals surface area (Å²) >= 11 is 0. The lowest BCUT2D eigenvalue weighted by Crippen LogP contribution is -1.98. The fourth-order valence-electron chi connectivity index (χ4n) is 7.30. The lowest BCUT2D eigenvalue weighted by Gasteiger charge is -2.16. The van der Waals surface area contributed by atoms with E-state index in [9.17, 15) is 5.26 Å². The number of para-hydroxylation sites is 5. The van der Waals surface area contributed by atoms with Gasteiger partial charge in [-0.1, -0.05) is 121 Å². The molecule has 0 spiro atoms. The van der Waals surface area contributed by atoms with Gasteiger partial charge in [0.15, 0.2) is 0 Å². The first-order valence-electron chi connectivity index (χ1n) is 15.9. The van der Waals surface area contributed by atoms with Crippen LogP contribution in [0, 0.1) is 17.9 Å². The van der Waals surface area contributed by atoms with Crippen LogP contribution in [0.4, 0.5) is 5.69 Å². The van der Waals surface area contributed by atoms with E-state index in [-0.39, 0.29) is 0 Å². The Kier molecular flexibility index (Phi) is 6.22. The second-order valence-corrected chi connectivity index (χ2v) is 11.9. The summed E-state index contributed by atoms with van der Waals surface area (Å²) in [5.41, 5.74) is 11.5. The van der Waals surface area contributed by atoms with Gasteiger partial charge in [0.2, 0.25) is 5.69 Å². The molecule has 0 fully saturated rings. The summed E-state index contributed by atoms with van der Waals surface area (Å²) in [6.07, 6.45) is 0. The smallest absolute Gasteiger partial charge is 0.211 e. The van der Waals surface area contributed by atoms with Crippen LogP contribution in [0.5, 0.6) is 0 Å². The van der Waals surface area contributed by atoms with Crippen molar-refractivity contribution in [2.45, 2.75) is 0 Å². The van der Waals surface area contributed by atoms with Crippen molar-refractivity contribution in [3.05, 3.63) is 175 Å². The lowest BCUT2D eigenvalue weighted by atomic mass is 9.98. The van der Waals surface area contributed by atoms with E-state index in [4.69, 9.17) is 6.57 Å². The van der Waals surface area contributed by atoms with Crippen molar-refractivity contribution in [1.82, 2.24) is 9.13 Å². The van der Waals surface area contributed by atoms with Crippen LogP contribution in [0.1, 0.15) is 5.56 Å². The molecule has 2 aromatic heterocycles. The molecule has 7 aromatic carbocycles. The van der Waals surface area contributed by atoms with Crippen molar-refractivity contribution in [1.29, 1.82) is 5.26 Å². The molecule has 0 N–H and O–H groups in total. The van der Waals surface area contributed by atoms with Gasteiger partial charge >= 0.3 is 0 Å². The van der Waals surface area contributed by atoms with E-state index in [1.54, 1.807) is 0 Å². The average Bonchev–Trinajstić information content (AvgIpc) is 3.68. The monoisotopic (exact) mass is 610 g/mol. The fraction of sp³-hybridized carbons (Fsp3) is 0. The topological polar surface area (TPSA) is 38.0 Å². The van der Waals surface area contributed by atoms with E-state index < -0.39 is 0 Å². The Morgan fingerprint density at radius 3 is 1.73 bits per heavy atom. The first kappa shape index (κ1) is 27.4. The Morgan fingerprint density at radius 2 is 1.06 bits per heavy atom. The van der Waals surface area contributed by atoms with Gasteiger partial charge in [0, 0.05) is 27.2 Å². The molecule has 4 heteroatoms. The number of nitrogens with zero attached hydrogens (tertiary/aromatic N) is 4. The molecular formula is C44H26N4. The van der Waals surface area contributed by atoms with Gasteiger partial charge < -0.3 is 9.13 Å². The van der Waals surface area contributed by atoms with Crippen molar-refractivity contribution < 1.29 is 0 Å². The maximum atomic E-state index is 10.0. The minimum atomic E-state index is 0.610. The summed E-state index contributed by atoms with van der Waals surface area (Å²) < 4.78 is 4.45. The maximum absolute atomic E-state index is 10.0. The van der Waals surface area contributed by atoms with Gasteiger partial charge in [0.25, 0.3) is 0 Å². The summed E-state index contributed by atoms with van der Waals surface area (Å²) in [5, 5.41) is 14.5. The number of rotatable bonds is 4. The molecule has 0 unspecified atom stereocenters. The summed E-state index contributed by atoms with van der Waals surface area (Å²) in [6.45, 7) is 8.11. The van der Waals surface area contributed by atoms with Crippen molar-refractivity contribution in [3.8, 4) is 39.7 Å². The summed E-state index contributed by atoms with van der Waals surface area (Å²) in [6, 6.07) is 56.6. The Hall–Kier alpha value is -6.88. The van der Waals surface area contributed by atoms with Crippen LogP contribution in [0.2, 0.25) is 0 Å². The standard InChI is InChI=1S/C44H26N4/c1-46-39-19-10-17-34(44(39)48-41-21-6-2-14-35(41)36-15-3-7-22-42(36)48)30-25-23-29(24-26-30)31-11-8-13-33(27-31)47-40-20-5-4-16-37(40)38-18-9-12-32(28-45)43(38)47/h2-27H. The van der Waals surface area contributed by atoms with Crippen molar-refractivity contribution in [3.63, 3.8) is 0 Å². The highest BCUT2D eigenvalue weighted by molar-refractivity contribution is 6.12. The minimum absolute atomic E-state index is 0.610. The van der Waals surface area contributed by atoms with Crippen molar-refractivity contribution in [2.75, 3.05) is 0 Å². The molecule has 0 atom stereocenters. The van der Waals surface area contributed by atoms with E-state index in [2.05, 4.69) is 141 Å². The quantitative estimate of drug-likeness (QED) is 0.183. The largest absolute Gasteiger partial charge is 0.318 e. The van der Waals surface area contributed by atoms with Gasteiger partial charge in [-0.05, 0) is 58.7 Å². The summed E-state index contributed by atoms with van der Waals surface area (Å²) in [7, 11) is 0. The van der Waals surface area contributed by atoms with Gasteiger partial charge in [0.05, 0.1) is 39.9 Å². The molecule has 48 heavy (non-hydrogen) atoms. The van der Waals surface area contributed by atoms with Crippen LogP contribution in [-0.4, -0.2) is 9.13 Å². The number of benzene rings is 7. The number of hydrogen-bond acceptors (Lipinski definition) is 1. The third-order valence-corrected chi connectivity index (χ3v) is 9.39. The Balaban J connectivity index is 1.18. The summed E-state index contributed by atoms with van der Waals surface area (Å²) in [5.74, 6) is 0. The number of fused-ring (bicyclic) bond motifs is 6. The van der Waals surface area contributed by atoms with E-state index >= 15 is 0 Å². The highest BCUT2D eigenvalue weighted by atomic mass is 15.0. The Labute approximate surface area is 277 Å². The van der Waals surface area contributed by atoms with Crippen LogP contribution in [0.25, 0.3) is 82.1 Å². The zero-order valence-corrected chi connectivity index (χ0v) is 25.8. The van der Waals surface area contributed by atoms with Crippen LogP contribution in [0.15, 0.2) is 158 Å². The molecule has 0 aliphatic rings. The molecule has 0 bridgehead atoms. The van der Waals surface area contributed by atoms with Crippen molar-refractivity contribution >= 4 is 49.3 Å². The molecule has 9 aromatic rings. The van der Waals surface area contributed by atoms with E-state index in [1.165, 1.54) is 10.8 Å². The molecule has 222 valence electrons. The Bertz CT molecular complexity index is 2750. The SMILES string of the molecule is [C-]#[N+]c1cccc(-c2ccc(-c3cccc(-n4c5ccccc5c5cccc(C#N)c54)c3)cc2)c1-n1c2ccccc2c2ccccc21. The predicted octanol–water partition coefficient (Wildman–Crippen LogP) is 11.6. The normalized spacial score (nSPS) is 11.3. The molecular weight excluding hydrogens is 585 g/mol. The zero-order chi connectivity index (χ0) is 32.2. The second-order valence-electron chi connectivity index (χ2n) is 11.9. The molecule has 0 aliphatic heterocycles. The lowest BCUT2D eigenvalue weighted by molar-refractivity contribution is 1.18. The minimum Gasteiger partial charge on any atom is -0.318 e. The molecule has 0 amide bonds. The number of aromatic nitrogens is 2. The van der Waals surface area contributed by atoms with Gasteiger partial charge in [-0.15, -0.1) is 0 Å². The van der Waals surface area contributed by atoms with Gasteiger partial charge in [0.1, 0.15) is 6.07 Å². The van der Waals surface area contributed by atoms with Gasteiger partial charge in [-0.3, -0.25) is 0 Å². The number of hydrogen-bond donors (Lipinski definition) is 0. The fourth-order valence-corrected chi connectivity index (χ4v) is 7.30. The highest BCUT2D eigenvalue weighted by Gasteiger charge is 2.19. The van der Waals surface area contributed by atoms with Gasteiger partial charge in [-0.25, -0.2) is 4.85 Å². The molecule has 9 rings (SSSR count). The Morgan fingerprint density at radius 1 is 0.500 bits per heavy atom. The van der Waals surface area contributed by atoms with Crippen LogP contribution < -0.4 is 0 Å². The third-order valence-electron chi connectivity index (χ3n) is 9.39. The first-order chi connectivity index (χ1) is 23.7. The highest BCUT2D eigenvalue weighted by Crippen LogP contribution is 2.41. The van der Waals surface area contributed by atoms with E-state index in [0.29, 0.717) is 11.3 Å². The van der Waals surface area contributed by atoms with Crippen LogP contribution >= 0.6 is 0 Å². The third kappa shape index (κ3) is 4.07. The van der Waals surface area contributed by atoms with Crippen molar-refractivity contribution in [2.24, 2.45) is 0 Å². The zero-order valence-electron chi connectivity index (χ0n) is 25.8. The maximum Gasteiger partial charge on any atom is 0.211 e. The van der Waals surface area contributed by atoms with Gasteiger partial charge in [-0.2, -0.15) is 5.26 Å². The summed E-state index contributed by atoms with van der Waals surface area (Å²) in [4.78, 5) is 3.99. The molecule has 0 saturated carbocycles. The van der Waals surface area contributed by atoms with Crippen LogP contribution in [-0.2, 0) is 0 Å². The average molecular weight is 611 g/mol. The second kappa shape index (κ2) is 10.9. The molecule has 0 saturated heterocycles. The molecule has 0 aliphatic carbocycles. The number of nitriles is 1. The molecule has 4 nitrogen and oxygen atoms in total. The first-order valence-corrected chi connectivity index (χ1v) is 15.9. The van der Waals surface area contributed by atoms with E-state index in [0.717, 1.165) is 66.5 Å². The van der Waals surface area contributed by atoms with Crippen LogP contribution in [0.3, 0.4) is 0 Å². The predicted molar refractivity (Wildman–Crippen MR) is 197 cm³/mol. The molecule has 2 heterocycles. The van der Waals surface area contributed by atoms with E-state index in [1.807, 2.05) is 36.4 Å².